The molecule has 0 saturated carbocycles. The normalized spacial score (nSPS) is 6.73. The molecular weight excluding hydrogens is 152 g/mol. The fourth-order valence-electron chi connectivity index (χ4n) is 0. The van der Waals surface area contributed by atoms with E-state index in [1.807, 2.05) is 0 Å². The van der Waals surface area contributed by atoms with E-state index in [1.54, 1.807) is 0 Å². The Balaban J connectivity index is -0.000000114. The first-order valence-electron chi connectivity index (χ1n) is 2.77. The minimum Gasteiger partial charge on any atom is -0.543 e. The Kier molecular flexibility index (Phi) is 17.4. The Morgan fingerprint density at radius 2 is 1.45 bits per heavy atom. The van der Waals surface area contributed by atoms with Crippen LogP contribution in [0.15, 0.2) is 0 Å². The van der Waals surface area contributed by atoms with E-state index < -0.39 is 11.9 Å². The fourth-order valence-corrected chi connectivity index (χ4v) is 0. The van der Waals surface area contributed by atoms with E-state index in [0.29, 0.717) is 0 Å². The molecule has 0 aromatic heterocycles. The van der Waals surface area contributed by atoms with Crippen molar-refractivity contribution >= 4 is 11.9 Å². The van der Waals surface area contributed by atoms with Gasteiger partial charge in [0.15, 0.2) is 0 Å². The molecule has 0 radical (unpaired) electrons. The third kappa shape index (κ3) is 28.0. The van der Waals surface area contributed by atoms with Crippen molar-refractivity contribution in [3.05, 3.63) is 0 Å². The van der Waals surface area contributed by atoms with Gasteiger partial charge in [-0.1, -0.05) is 6.92 Å². The van der Waals surface area contributed by atoms with E-state index in [1.165, 1.54) is 6.42 Å². The van der Waals surface area contributed by atoms with Crippen molar-refractivity contribution in [2.24, 2.45) is 0 Å². The van der Waals surface area contributed by atoms with Gasteiger partial charge in [-0.3, -0.25) is 0 Å². The van der Waals surface area contributed by atoms with Crippen LogP contribution in [0, 0.1) is 0 Å². The topological polar surface area (TPSA) is 144 Å². The average Bonchev–Trinajstić information content (AvgIpc) is 1.89. The van der Waals surface area contributed by atoms with Crippen LogP contribution < -0.4 is 22.1 Å². The summed E-state index contributed by atoms with van der Waals surface area (Å²) in [6.07, 6.45) is 1.21. The van der Waals surface area contributed by atoms with Crippen LogP contribution in [-0.2, 0) is 9.59 Å². The summed E-state index contributed by atoms with van der Waals surface area (Å²) in [6.45, 7) is 3.19. The Morgan fingerprint density at radius 1 is 1.27 bits per heavy atom. The first-order chi connectivity index (χ1) is 4.56. The highest BCUT2D eigenvalue weighted by atomic mass is 16.4. The average molecular weight is 166 g/mol. The lowest BCUT2D eigenvalue weighted by atomic mass is 10.5. The summed E-state index contributed by atoms with van der Waals surface area (Å²) < 4.78 is 0. The molecule has 6 heteroatoms. The molecule has 68 valence electrons. The molecule has 0 bridgehead atoms. The minimum absolute atomic E-state index is 0. The molecule has 0 aliphatic rings. The number of carbonyl (C=O) groups is 2. The summed E-state index contributed by atoms with van der Waals surface area (Å²) in [5, 5.41) is 17.9. The molecule has 0 aliphatic heterocycles. The summed E-state index contributed by atoms with van der Waals surface area (Å²) in [5.74, 6) is -4.37. The van der Waals surface area contributed by atoms with Crippen LogP contribution in [0.25, 0.3) is 0 Å². The first-order valence-corrected chi connectivity index (χ1v) is 2.77. The largest absolute Gasteiger partial charge is 0.543 e. The molecule has 6 nitrogen and oxygen atoms in total. The first kappa shape index (κ1) is 16.4. The van der Waals surface area contributed by atoms with Gasteiger partial charge in [0.2, 0.25) is 0 Å². The van der Waals surface area contributed by atoms with Gasteiger partial charge < -0.3 is 31.7 Å². The second kappa shape index (κ2) is 11.6. The van der Waals surface area contributed by atoms with E-state index in [9.17, 15) is 0 Å². The number of carboxylic acid groups (broad SMARTS) is 2. The molecule has 0 spiro atoms. The third-order valence-electron chi connectivity index (χ3n) is 0.520. The van der Waals surface area contributed by atoms with Crippen molar-refractivity contribution in [3.63, 3.8) is 0 Å². The van der Waals surface area contributed by atoms with E-state index >= 15 is 0 Å². The molecule has 0 atom stereocenters. The van der Waals surface area contributed by atoms with Gasteiger partial charge >= 0.3 is 0 Å². The Bertz CT molecular complexity index is 101. The minimum atomic E-state index is -2.19. The highest BCUT2D eigenvalue weighted by Gasteiger charge is 1.74. The number of rotatable bonds is 1. The summed E-state index contributed by atoms with van der Waals surface area (Å²) in [6, 6.07) is 0. The number of quaternary nitrogens is 2. The van der Waals surface area contributed by atoms with Crippen molar-refractivity contribution in [2.45, 2.75) is 13.3 Å². The number of hydrogen-bond acceptors (Lipinski definition) is 4. The molecule has 0 amide bonds. The zero-order chi connectivity index (χ0) is 8.57. The summed E-state index contributed by atoms with van der Waals surface area (Å²) in [4.78, 5) is 17.9. The van der Waals surface area contributed by atoms with Gasteiger partial charge in [-0.2, -0.15) is 0 Å². The van der Waals surface area contributed by atoms with Crippen molar-refractivity contribution in [2.75, 3.05) is 6.54 Å². The summed E-state index contributed by atoms with van der Waals surface area (Å²) in [5.41, 5.74) is 3.60. The Hall–Kier alpha value is -1.14. The summed E-state index contributed by atoms with van der Waals surface area (Å²) in [7, 11) is 0. The molecule has 7 N–H and O–H groups in total. The van der Waals surface area contributed by atoms with Gasteiger partial charge in [-0.25, -0.2) is 0 Å². The van der Waals surface area contributed by atoms with Crippen LogP contribution in [0.2, 0.25) is 0 Å². The second-order valence-corrected chi connectivity index (χ2v) is 1.43. The highest BCUT2D eigenvalue weighted by molar-refractivity contribution is 6.25. The van der Waals surface area contributed by atoms with Crippen molar-refractivity contribution in [1.82, 2.24) is 6.15 Å². The predicted octanol–water partition coefficient (Wildman–Crippen LogP) is -3.50. The molecule has 0 aromatic rings. The zero-order valence-electron chi connectivity index (χ0n) is 6.75. The lowest BCUT2D eigenvalue weighted by Gasteiger charge is -1.97. The van der Waals surface area contributed by atoms with Crippen LogP contribution in [0.3, 0.4) is 0 Å². The third-order valence-corrected chi connectivity index (χ3v) is 0.520. The van der Waals surface area contributed by atoms with Gasteiger partial charge in [0.25, 0.3) is 0 Å². The lowest BCUT2D eigenvalue weighted by Crippen LogP contribution is -2.49. The molecule has 0 aliphatic carbocycles. The van der Waals surface area contributed by atoms with Crippen molar-refractivity contribution < 1.29 is 25.5 Å². The van der Waals surface area contributed by atoms with E-state index in [2.05, 4.69) is 12.7 Å². The molecule has 0 unspecified atom stereocenters. The van der Waals surface area contributed by atoms with Crippen LogP contribution in [-0.4, -0.2) is 18.5 Å². The van der Waals surface area contributed by atoms with Crippen molar-refractivity contribution in [1.29, 1.82) is 0 Å². The van der Waals surface area contributed by atoms with E-state index in [4.69, 9.17) is 19.8 Å². The molecule has 0 fully saturated rings. The maximum Gasteiger partial charge on any atom is 0.0870 e. The smallest absolute Gasteiger partial charge is 0.0870 e. The molecule has 0 saturated heterocycles. The maximum atomic E-state index is 8.93. The van der Waals surface area contributed by atoms with Crippen LogP contribution in [0.5, 0.6) is 0 Å². The molecule has 0 aromatic carbocycles. The molecular formula is C5H14N2O4. The monoisotopic (exact) mass is 166 g/mol. The second-order valence-electron chi connectivity index (χ2n) is 1.43. The Morgan fingerprint density at radius 3 is 1.45 bits per heavy atom. The summed E-state index contributed by atoms with van der Waals surface area (Å²) >= 11 is 0. The molecule has 0 rings (SSSR count). The number of aliphatic carboxylic acids is 2. The van der Waals surface area contributed by atoms with Gasteiger partial charge in [0.1, 0.15) is 0 Å². The quantitative estimate of drug-likeness (QED) is 0.389. The van der Waals surface area contributed by atoms with Gasteiger partial charge in [-0.15, -0.1) is 0 Å². The van der Waals surface area contributed by atoms with Crippen LogP contribution in [0.1, 0.15) is 13.3 Å². The predicted molar refractivity (Wildman–Crippen MR) is 34.0 cm³/mol. The van der Waals surface area contributed by atoms with Crippen LogP contribution in [0.4, 0.5) is 0 Å². The standard InChI is InChI=1S/C3H9N.C2H2O4.H3N/c1-2-3-4;3-1(4)2(5)6;/h2-4H2,1H3;(H,3,4)(H,5,6);1H3. The molecule has 0 heterocycles. The maximum absolute atomic E-state index is 8.93. The van der Waals surface area contributed by atoms with Crippen LogP contribution >= 0.6 is 0 Å². The molecule has 11 heavy (non-hydrogen) atoms. The highest BCUT2D eigenvalue weighted by Crippen LogP contribution is 1.54. The van der Waals surface area contributed by atoms with E-state index in [0.717, 1.165) is 6.54 Å². The fraction of sp³-hybridized carbons (Fsp3) is 0.600. The van der Waals surface area contributed by atoms with E-state index in [-0.39, 0.29) is 6.15 Å². The van der Waals surface area contributed by atoms with Gasteiger partial charge in [0.05, 0.1) is 18.5 Å². The number of carboxylic acids is 2. The Labute approximate surface area is 64.6 Å². The lowest BCUT2D eigenvalue weighted by molar-refractivity contribution is -0.367. The number of carbonyl (C=O) groups excluding carboxylic acids is 2. The van der Waals surface area contributed by atoms with Gasteiger partial charge in [0, 0.05) is 0 Å². The van der Waals surface area contributed by atoms with Gasteiger partial charge in [-0.05, 0) is 6.42 Å². The van der Waals surface area contributed by atoms with Crippen molar-refractivity contribution in [3.8, 4) is 0 Å². The zero-order valence-corrected chi connectivity index (χ0v) is 6.75. The SMILES string of the molecule is CCC[NH3+].O=C([O-])C(=O)[O-].[NH4+]. The number of hydrogen-bond donors (Lipinski definition) is 2.